The number of nitrogens with one attached hydrogen (secondary N) is 1. The predicted molar refractivity (Wildman–Crippen MR) is 103 cm³/mol. The lowest BCUT2D eigenvalue weighted by Crippen LogP contribution is -2.34. The third kappa shape index (κ3) is 5.17. The highest BCUT2D eigenvalue weighted by molar-refractivity contribution is 5.96. The molecule has 0 spiro atoms. The van der Waals surface area contributed by atoms with Crippen molar-refractivity contribution in [2.75, 3.05) is 25.5 Å². The SMILES string of the molecule is CCCOC(=O)c1ccc(NC(=O)C(c2ccccc2)N(C)CC)cc1. The highest BCUT2D eigenvalue weighted by atomic mass is 16.5. The second kappa shape index (κ2) is 9.73. The van der Waals surface area contributed by atoms with Crippen LogP contribution in [0.4, 0.5) is 5.69 Å². The summed E-state index contributed by atoms with van der Waals surface area (Å²) in [4.78, 5) is 26.7. The number of likely N-dealkylation sites (N-methyl/N-ethyl adjacent to an activating group) is 1. The summed E-state index contributed by atoms with van der Waals surface area (Å²) < 4.78 is 5.11. The summed E-state index contributed by atoms with van der Waals surface area (Å²) >= 11 is 0. The van der Waals surface area contributed by atoms with Crippen LogP contribution in [-0.2, 0) is 9.53 Å². The van der Waals surface area contributed by atoms with Gasteiger partial charge in [0, 0.05) is 5.69 Å². The summed E-state index contributed by atoms with van der Waals surface area (Å²) in [7, 11) is 1.92. The van der Waals surface area contributed by atoms with Gasteiger partial charge in [-0.1, -0.05) is 44.2 Å². The lowest BCUT2D eigenvalue weighted by Gasteiger charge is -2.26. The van der Waals surface area contributed by atoms with Crippen molar-refractivity contribution in [2.45, 2.75) is 26.3 Å². The van der Waals surface area contributed by atoms with Gasteiger partial charge in [0.25, 0.3) is 0 Å². The van der Waals surface area contributed by atoms with Crippen LogP contribution in [-0.4, -0.2) is 37.0 Å². The van der Waals surface area contributed by atoms with E-state index in [2.05, 4.69) is 5.32 Å². The summed E-state index contributed by atoms with van der Waals surface area (Å²) in [6.07, 6.45) is 0.783. The minimum atomic E-state index is -0.379. The van der Waals surface area contributed by atoms with E-state index in [1.165, 1.54) is 0 Å². The molecule has 0 radical (unpaired) electrons. The van der Waals surface area contributed by atoms with Crippen molar-refractivity contribution in [2.24, 2.45) is 0 Å². The van der Waals surface area contributed by atoms with Crippen molar-refractivity contribution in [3.63, 3.8) is 0 Å². The molecule has 0 aliphatic heterocycles. The summed E-state index contributed by atoms with van der Waals surface area (Å²) in [6.45, 7) is 5.11. The average molecular weight is 354 g/mol. The molecule has 5 heteroatoms. The number of ether oxygens (including phenoxy) is 1. The highest BCUT2D eigenvalue weighted by Crippen LogP contribution is 2.21. The van der Waals surface area contributed by atoms with Gasteiger partial charge in [-0.3, -0.25) is 9.69 Å². The molecule has 0 aliphatic carbocycles. The Morgan fingerprint density at radius 3 is 2.27 bits per heavy atom. The van der Waals surface area contributed by atoms with Gasteiger partial charge in [-0.15, -0.1) is 0 Å². The van der Waals surface area contributed by atoms with Crippen LogP contribution in [0.2, 0.25) is 0 Å². The number of carbonyl (C=O) groups is 2. The Bertz CT molecular complexity index is 714. The number of esters is 1. The monoisotopic (exact) mass is 354 g/mol. The van der Waals surface area contributed by atoms with Gasteiger partial charge >= 0.3 is 5.97 Å². The zero-order chi connectivity index (χ0) is 18.9. The summed E-state index contributed by atoms with van der Waals surface area (Å²) in [5, 5.41) is 2.93. The van der Waals surface area contributed by atoms with Crippen molar-refractivity contribution in [3.05, 3.63) is 65.7 Å². The van der Waals surface area contributed by atoms with Crippen molar-refractivity contribution in [3.8, 4) is 0 Å². The number of benzene rings is 2. The summed E-state index contributed by atoms with van der Waals surface area (Å²) in [5.74, 6) is -0.459. The van der Waals surface area contributed by atoms with Crippen molar-refractivity contribution >= 4 is 17.6 Å². The number of amides is 1. The third-order valence-electron chi connectivity index (χ3n) is 4.13. The van der Waals surface area contributed by atoms with Crippen LogP contribution in [0.5, 0.6) is 0 Å². The number of carbonyl (C=O) groups excluding carboxylic acids is 2. The Hall–Kier alpha value is -2.66. The lowest BCUT2D eigenvalue weighted by molar-refractivity contribution is -0.121. The van der Waals surface area contributed by atoms with Crippen LogP contribution < -0.4 is 5.32 Å². The van der Waals surface area contributed by atoms with E-state index in [4.69, 9.17) is 4.74 Å². The molecule has 138 valence electrons. The van der Waals surface area contributed by atoms with E-state index in [0.717, 1.165) is 18.5 Å². The molecule has 2 rings (SSSR count). The quantitative estimate of drug-likeness (QED) is 0.731. The first-order chi connectivity index (χ1) is 12.6. The molecule has 0 saturated heterocycles. The molecule has 0 saturated carbocycles. The van der Waals surface area contributed by atoms with Gasteiger partial charge in [0.05, 0.1) is 12.2 Å². The van der Waals surface area contributed by atoms with E-state index in [1.807, 2.05) is 56.1 Å². The number of anilines is 1. The molecule has 0 heterocycles. The van der Waals surface area contributed by atoms with Gasteiger partial charge in [0.15, 0.2) is 0 Å². The Labute approximate surface area is 155 Å². The normalized spacial score (nSPS) is 11.8. The first-order valence-electron chi connectivity index (χ1n) is 8.90. The molecule has 0 bridgehead atoms. The van der Waals surface area contributed by atoms with Gasteiger partial charge in [-0.05, 0) is 49.8 Å². The minimum Gasteiger partial charge on any atom is -0.462 e. The van der Waals surface area contributed by atoms with Crippen LogP contribution in [0.25, 0.3) is 0 Å². The van der Waals surface area contributed by atoms with Crippen molar-refractivity contribution in [1.82, 2.24) is 4.90 Å². The molecule has 1 amide bonds. The number of hydrogen-bond donors (Lipinski definition) is 1. The second-order valence-electron chi connectivity index (χ2n) is 6.09. The van der Waals surface area contributed by atoms with Gasteiger partial charge in [-0.2, -0.15) is 0 Å². The fourth-order valence-electron chi connectivity index (χ4n) is 2.60. The Kier molecular flexibility index (Phi) is 7.36. The van der Waals surface area contributed by atoms with E-state index in [0.29, 0.717) is 17.9 Å². The molecule has 5 nitrogen and oxygen atoms in total. The first kappa shape index (κ1) is 19.7. The van der Waals surface area contributed by atoms with Crippen LogP contribution in [0.3, 0.4) is 0 Å². The van der Waals surface area contributed by atoms with E-state index in [1.54, 1.807) is 24.3 Å². The molecular formula is C21H26N2O3. The van der Waals surface area contributed by atoms with Crippen LogP contribution in [0, 0.1) is 0 Å². The first-order valence-corrected chi connectivity index (χ1v) is 8.90. The average Bonchev–Trinajstić information content (AvgIpc) is 2.67. The third-order valence-corrected chi connectivity index (χ3v) is 4.13. The molecule has 1 N–H and O–H groups in total. The van der Waals surface area contributed by atoms with Crippen LogP contribution in [0.1, 0.15) is 42.2 Å². The predicted octanol–water partition coefficient (Wildman–Crippen LogP) is 3.88. The number of nitrogens with zero attached hydrogens (tertiary/aromatic N) is 1. The molecule has 1 unspecified atom stereocenters. The molecule has 1 atom stereocenters. The maximum absolute atomic E-state index is 12.8. The lowest BCUT2D eigenvalue weighted by atomic mass is 10.0. The summed E-state index contributed by atoms with van der Waals surface area (Å²) in [6, 6.07) is 16.1. The van der Waals surface area contributed by atoms with Gasteiger partial charge in [0.1, 0.15) is 6.04 Å². The van der Waals surface area contributed by atoms with Gasteiger partial charge < -0.3 is 10.1 Å². The van der Waals surface area contributed by atoms with Gasteiger partial charge in [0.2, 0.25) is 5.91 Å². The van der Waals surface area contributed by atoms with E-state index >= 15 is 0 Å². The molecular weight excluding hydrogens is 328 g/mol. The number of hydrogen-bond acceptors (Lipinski definition) is 4. The minimum absolute atomic E-state index is 0.109. The van der Waals surface area contributed by atoms with Gasteiger partial charge in [-0.25, -0.2) is 4.79 Å². The van der Waals surface area contributed by atoms with Crippen LogP contribution in [0.15, 0.2) is 54.6 Å². The van der Waals surface area contributed by atoms with Crippen molar-refractivity contribution < 1.29 is 14.3 Å². The van der Waals surface area contributed by atoms with E-state index in [-0.39, 0.29) is 17.9 Å². The second-order valence-corrected chi connectivity index (χ2v) is 6.09. The molecule has 2 aromatic carbocycles. The van der Waals surface area contributed by atoms with Crippen LogP contribution >= 0.6 is 0 Å². The largest absolute Gasteiger partial charge is 0.462 e. The maximum Gasteiger partial charge on any atom is 0.338 e. The Morgan fingerprint density at radius 2 is 1.69 bits per heavy atom. The zero-order valence-electron chi connectivity index (χ0n) is 15.6. The fourth-order valence-corrected chi connectivity index (χ4v) is 2.60. The van der Waals surface area contributed by atoms with Crippen molar-refractivity contribution in [1.29, 1.82) is 0 Å². The molecule has 0 aliphatic rings. The standard InChI is InChI=1S/C21H26N2O3/c1-4-15-26-21(25)17-11-13-18(14-12-17)22-20(24)19(23(3)5-2)16-9-7-6-8-10-16/h6-14,19H,4-5,15H2,1-3H3,(H,22,24). The number of rotatable bonds is 8. The Balaban J connectivity index is 2.10. The topological polar surface area (TPSA) is 58.6 Å². The highest BCUT2D eigenvalue weighted by Gasteiger charge is 2.24. The molecule has 2 aromatic rings. The zero-order valence-corrected chi connectivity index (χ0v) is 15.6. The molecule has 26 heavy (non-hydrogen) atoms. The smallest absolute Gasteiger partial charge is 0.338 e. The van der Waals surface area contributed by atoms with E-state index in [9.17, 15) is 9.59 Å². The summed E-state index contributed by atoms with van der Waals surface area (Å²) in [5.41, 5.74) is 2.06. The molecule has 0 fully saturated rings. The Morgan fingerprint density at radius 1 is 1.04 bits per heavy atom. The molecule has 0 aromatic heterocycles. The fraction of sp³-hybridized carbons (Fsp3) is 0.333. The maximum atomic E-state index is 12.8. The van der Waals surface area contributed by atoms with E-state index < -0.39 is 0 Å².